The van der Waals surface area contributed by atoms with Crippen LogP contribution in [-0.2, 0) is 6.42 Å². The first kappa shape index (κ1) is 24.5. The van der Waals surface area contributed by atoms with Gasteiger partial charge >= 0.3 is 0 Å². The summed E-state index contributed by atoms with van der Waals surface area (Å²) in [6.07, 6.45) is 0.223. The van der Waals surface area contributed by atoms with E-state index in [1.54, 1.807) is 0 Å². The number of aliphatic hydroxyl groups excluding tert-OH is 1. The Hall–Kier alpha value is -2.15. The van der Waals surface area contributed by atoms with Crippen LogP contribution in [0.4, 0.5) is 0 Å². The normalized spacial score (nSPS) is 13.5. The van der Waals surface area contributed by atoms with Crippen molar-refractivity contribution in [2.75, 3.05) is 6.54 Å². The third kappa shape index (κ3) is 6.67. The number of aromatic nitrogens is 1. The van der Waals surface area contributed by atoms with Crippen LogP contribution in [0.25, 0.3) is 10.2 Å². The molecule has 0 amide bonds. The van der Waals surface area contributed by atoms with Crippen LogP contribution < -0.4 is 14.8 Å². The summed E-state index contributed by atoms with van der Waals surface area (Å²) in [5.41, 5.74) is 2.33. The van der Waals surface area contributed by atoms with Crippen LogP contribution >= 0.6 is 11.3 Å². The average Bonchev–Trinajstić information content (AvgIpc) is 3.09. The summed E-state index contributed by atoms with van der Waals surface area (Å²) < 4.78 is 12.9. The van der Waals surface area contributed by atoms with Gasteiger partial charge in [0.15, 0.2) is 0 Å². The quantitative estimate of drug-likeness (QED) is 0.419. The first-order valence-electron chi connectivity index (χ1n) is 11.2. The summed E-state index contributed by atoms with van der Waals surface area (Å²) in [6.45, 7) is 14.7. The summed E-state index contributed by atoms with van der Waals surface area (Å²) in [5.74, 6) is 0.704. The van der Waals surface area contributed by atoms with Gasteiger partial charge in [-0.05, 0) is 66.5 Å². The number of nitrogens with one attached hydrogen (secondary N) is 1. The Morgan fingerprint density at radius 2 is 1.72 bits per heavy atom. The smallest absolute Gasteiger partial charge is 0.274 e. The Morgan fingerprint density at radius 1 is 1.03 bits per heavy atom. The molecule has 0 aliphatic heterocycles. The van der Waals surface area contributed by atoms with E-state index < -0.39 is 6.10 Å². The largest absolute Gasteiger partial charge is 0.486 e. The molecule has 0 fully saturated rings. The monoisotopic (exact) mass is 456 g/mol. The van der Waals surface area contributed by atoms with Gasteiger partial charge in [-0.1, -0.05) is 47.7 Å². The van der Waals surface area contributed by atoms with Crippen LogP contribution in [0.5, 0.6) is 10.9 Å². The third-order valence-corrected chi connectivity index (χ3v) is 5.89. The number of hydrogen-bond acceptors (Lipinski definition) is 6. The topological polar surface area (TPSA) is 63.6 Å². The highest BCUT2D eigenvalue weighted by molar-refractivity contribution is 7.20. The molecule has 0 spiro atoms. The van der Waals surface area contributed by atoms with Gasteiger partial charge in [-0.25, -0.2) is 0 Å². The fourth-order valence-electron chi connectivity index (χ4n) is 3.56. The van der Waals surface area contributed by atoms with Crippen molar-refractivity contribution in [3.8, 4) is 10.9 Å². The van der Waals surface area contributed by atoms with Gasteiger partial charge in [-0.2, -0.15) is 4.98 Å². The van der Waals surface area contributed by atoms with Crippen molar-refractivity contribution in [1.82, 2.24) is 10.3 Å². The molecule has 3 rings (SSSR count). The molecule has 5 nitrogen and oxygen atoms in total. The lowest BCUT2D eigenvalue weighted by molar-refractivity contribution is 0.132. The van der Waals surface area contributed by atoms with E-state index in [0.29, 0.717) is 17.5 Å². The zero-order valence-corrected chi connectivity index (χ0v) is 21.0. The molecule has 1 heterocycles. The number of fused-ring (bicyclic) bond motifs is 1. The van der Waals surface area contributed by atoms with E-state index >= 15 is 0 Å². The van der Waals surface area contributed by atoms with Crippen molar-refractivity contribution in [3.05, 3.63) is 53.6 Å². The first-order valence-corrected chi connectivity index (χ1v) is 12.0. The van der Waals surface area contributed by atoms with Crippen molar-refractivity contribution >= 4 is 21.6 Å². The van der Waals surface area contributed by atoms with Crippen LogP contribution in [0.2, 0.25) is 0 Å². The Morgan fingerprint density at radius 3 is 2.34 bits per heavy atom. The summed E-state index contributed by atoms with van der Waals surface area (Å²) in [7, 11) is 0. The molecule has 1 aromatic heterocycles. The average molecular weight is 457 g/mol. The zero-order chi connectivity index (χ0) is 23.5. The van der Waals surface area contributed by atoms with E-state index in [2.05, 4.69) is 48.4 Å². The highest BCUT2D eigenvalue weighted by Crippen LogP contribution is 2.40. The lowest BCUT2D eigenvalue weighted by Gasteiger charge is -2.28. The van der Waals surface area contributed by atoms with Gasteiger partial charge in [0.25, 0.3) is 5.19 Å². The molecule has 1 atom stereocenters. The van der Waals surface area contributed by atoms with Crippen LogP contribution in [0.1, 0.15) is 65.7 Å². The minimum Gasteiger partial charge on any atom is -0.486 e. The molecule has 32 heavy (non-hydrogen) atoms. The molecule has 2 aromatic carbocycles. The predicted molar refractivity (Wildman–Crippen MR) is 133 cm³/mol. The number of benzene rings is 2. The molecule has 6 heteroatoms. The maximum Gasteiger partial charge on any atom is 0.274 e. The summed E-state index contributed by atoms with van der Waals surface area (Å²) in [5, 5.41) is 15.2. The molecule has 3 aromatic rings. The Labute approximate surface area is 195 Å². The maximum absolute atomic E-state index is 11.1. The SMILES string of the molecule is CC(C)Oc1nc2c(OC(C)(C)C)ccc(C(O)CNC(C)(C)Cc3ccccc3)c2s1. The number of thiazole rings is 1. The van der Waals surface area contributed by atoms with E-state index in [1.165, 1.54) is 16.9 Å². The van der Waals surface area contributed by atoms with Gasteiger partial charge < -0.3 is 19.9 Å². The molecule has 0 aliphatic rings. The fourth-order valence-corrected chi connectivity index (χ4v) is 4.68. The Kier molecular flexibility index (Phi) is 7.48. The summed E-state index contributed by atoms with van der Waals surface area (Å²) >= 11 is 1.46. The number of ether oxygens (including phenoxy) is 2. The highest BCUT2D eigenvalue weighted by Gasteiger charge is 2.24. The van der Waals surface area contributed by atoms with Gasteiger partial charge in [0.2, 0.25) is 0 Å². The minimum atomic E-state index is -0.677. The van der Waals surface area contributed by atoms with E-state index in [4.69, 9.17) is 9.47 Å². The maximum atomic E-state index is 11.1. The van der Waals surface area contributed by atoms with E-state index in [-0.39, 0.29) is 17.2 Å². The van der Waals surface area contributed by atoms with Crippen LogP contribution in [0.3, 0.4) is 0 Å². The van der Waals surface area contributed by atoms with Crippen molar-refractivity contribution in [1.29, 1.82) is 0 Å². The molecule has 0 saturated carbocycles. The van der Waals surface area contributed by atoms with Crippen molar-refractivity contribution in [2.24, 2.45) is 0 Å². The van der Waals surface area contributed by atoms with Crippen LogP contribution in [0, 0.1) is 0 Å². The predicted octanol–water partition coefficient (Wildman–Crippen LogP) is 5.91. The van der Waals surface area contributed by atoms with Gasteiger partial charge in [0.1, 0.15) is 16.9 Å². The summed E-state index contributed by atoms with van der Waals surface area (Å²) in [6, 6.07) is 14.2. The molecule has 1 unspecified atom stereocenters. The molecule has 2 N–H and O–H groups in total. The van der Waals surface area contributed by atoms with Crippen LogP contribution in [-0.4, -0.2) is 33.9 Å². The summed E-state index contributed by atoms with van der Waals surface area (Å²) in [4.78, 5) is 4.68. The Balaban J connectivity index is 1.83. The Bertz CT molecular complexity index is 1020. The number of rotatable bonds is 9. The van der Waals surface area contributed by atoms with E-state index in [9.17, 15) is 5.11 Å². The van der Waals surface area contributed by atoms with Crippen molar-refractivity contribution < 1.29 is 14.6 Å². The lowest BCUT2D eigenvalue weighted by atomic mass is 9.94. The van der Waals surface area contributed by atoms with Crippen LogP contribution in [0.15, 0.2) is 42.5 Å². The molecule has 174 valence electrons. The van der Waals surface area contributed by atoms with Crippen molar-refractivity contribution in [3.63, 3.8) is 0 Å². The fraction of sp³-hybridized carbons (Fsp3) is 0.500. The second-order valence-corrected chi connectivity index (χ2v) is 11.1. The second-order valence-electron chi connectivity index (χ2n) is 10.1. The molecule has 0 saturated heterocycles. The minimum absolute atomic E-state index is 0.0244. The number of nitrogens with zero attached hydrogens (tertiary/aromatic N) is 1. The van der Waals surface area contributed by atoms with Gasteiger partial charge in [0.05, 0.1) is 16.9 Å². The molecule has 0 bridgehead atoms. The van der Waals surface area contributed by atoms with Crippen molar-refractivity contribution in [2.45, 2.75) is 78.2 Å². The van der Waals surface area contributed by atoms with E-state index in [0.717, 1.165) is 22.2 Å². The third-order valence-electron chi connectivity index (χ3n) is 4.89. The lowest BCUT2D eigenvalue weighted by Crippen LogP contribution is -2.43. The molecular weight excluding hydrogens is 420 g/mol. The van der Waals surface area contributed by atoms with Gasteiger partial charge in [-0.3, -0.25) is 0 Å². The molecule has 0 radical (unpaired) electrons. The zero-order valence-electron chi connectivity index (χ0n) is 20.2. The van der Waals surface area contributed by atoms with Gasteiger partial charge in [0, 0.05) is 17.6 Å². The number of aliphatic hydroxyl groups is 1. The number of hydrogen-bond donors (Lipinski definition) is 2. The number of β-amino-alcohol motifs (C(OH)–C–C–N with tert-alkyl or cyclic N) is 1. The molecule has 0 aliphatic carbocycles. The highest BCUT2D eigenvalue weighted by atomic mass is 32.1. The van der Waals surface area contributed by atoms with E-state index in [1.807, 2.05) is 52.8 Å². The first-order chi connectivity index (χ1) is 14.9. The van der Waals surface area contributed by atoms with Gasteiger partial charge in [-0.15, -0.1) is 0 Å². The molecular formula is C26H36N2O3S. The standard InChI is InChI=1S/C26H36N2O3S/c1-17(2)30-24-28-22-21(31-25(3,4)5)14-13-19(23(22)32-24)20(29)16-27-26(6,7)15-18-11-9-8-10-12-18/h8-14,17,20,27,29H,15-16H2,1-7H3. The second kappa shape index (κ2) is 9.77.